The summed E-state index contributed by atoms with van der Waals surface area (Å²) in [4.78, 5) is 0. The van der Waals surface area contributed by atoms with E-state index in [0.29, 0.717) is 12.4 Å². The Morgan fingerprint density at radius 2 is 1.13 bits per heavy atom. The molecule has 0 aromatic heterocycles. The number of hydrogen-bond donors (Lipinski definition) is 2. The Bertz CT molecular complexity index is 554. The molecule has 174 valence electrons. The van der Waals surface area contributed by atoms with Gasteiger partial charge in [0, 0.05) is 5.56 Å². The van der Waals surface area contributed by atoms with Gasteiger partial charge in [-0.25, -0.2) is 0 Å². The van der Waals surface area contributed by atoms with E-state index in [0.717, 1.165) is 50.5 Å². The van der Waals surface area contributed by atoms with Gasteiger partial charge in [0.15, 0.2) is 11.5 Å². The van der Waals surface area contributed by atoms with E-state index >= 15 is 0 Å². The van der Waals surface area contributed by atoms with E-state index in [-0.39, 0.29) is 11.5 Å². The summed E-state index contributed by atoms with van der Waals surface area (Å²) >= 11 is 0. The summed E-state index contributed by atoms with van der Waals surface area (Å²) in [6, 6.07) is 1.78. The Morgan fingerprint density at radius 1 is 0.633 bits per heavy atom. The van der Waals surface area contributed by atoms with Gasteiger partial charge in [-0.3, -0.25) is 0 Å². The molecule has 0 saturated heterocycles. The molecule has 0 aliphatic heterocycles. The SMILES string of the molecule is CCCCCCCCc1cc(O)c(O)c(OCCCCC)c1CCCCCCCC. The summed E-state index contributed by atoms with van der Waals surface area (Å²) in [6.07, 6.45) is 20.2. The zero-order valence-electron chi connectivity index (χ0n) is 20.1. The molecule has 1 rings (SSSR count). The number of ether oxygens (including phenoxy) is 1. The fourth-order valence-corrected chi connectivity index (χ4v) is 4.08. The number of hydrogen-bond acceptors (Lipinski definition) is 3. The predicted molar refractivity (Wildman–Crippen MR) is 129 cm³/mol. The highest BCUT2D eigenvalue weighted by Gasteiger charge is 2.18. The third-order valence-corrected chi connectivity index (χ3v) is 6.00. The molecule has 3 heteroatoms. The second kappa shape index (κ2) is 17.3. The molecule has 0 atom stereocenters. The van der Waals surface area contributed by atoms with Gasteiger partial charge in [-0.1, -0.05) is 97.8 Å². The summed E-state index contributed by atoms with van der Waals surface area (Å²) in [5.74, 6) is 0.438. The minimum Gasteiger partial charge on any atom is -0.504 e. The average molecular weight is 421 g/mol. The monoisotopic (exact) mass is 420 g/mol. The highest BCUT2D eigenvalue weighted by atomic mass is 16.5. The van der Waals surface area contributed by atoms with Crippen LogP contribution in [0.4, 0.5) is 0 Å². The largest absolute Gasteiger partial charge is 0.504 e. The molecule has 0 aliphatic rings. The zero-order valence-corrected chi connectivity index (χ0v) is 20.1. The first kappa shape index (κ1) is 26.7. The van der Waals surface area contributed by atoms with E-state index in [1.54, 1.807) is 6.07 Å². The molecular formula is C27H48O3. The van der Waals surface area contributed by atoms with Crippen LogP contribution in [0.15, 0.2) is 6.07 Å². The molecule has 30 heavy (non-hydrogen) atoms. The van der Waals surface area contributed by atoms with Gasteiger partial charge in [-0.15, -0.1) is 0 Å². The van der Waals surface area contributed by atoms with E-state index in [4.69, 9.17) is 4.74 Å². The van der Waals surface area contributed by atoms with E-state index < -0.39 is 0 Å². The molecule has 2 N–H and O–H groups in total. The third kappa shape index (κ3) is 10.6. The summed E-state index contributed by atoms with van der Waals surface area (Å²) in [7, 11) is 0. The van der Waals surface area contributed by atoms with Crippen LogP contribution in [0.5, 0.6) is 17.2 Å². The Hall–Kier alpha value is -1.38. The number of unbranched alkanes of at least 4 members (excludes halogenated alkanes) is 12. The lowest BCUT2D eigenvalue weighted by Crippen LogP contribution is -2.05. The van der Waals surface area contributed by atoms with Crippen molar-refractivity contribution in [2.75, 3.05) is 6.61 Å². The first-order valence-corrected chi connectivity index (χ1v) is 12.8. The molecule has 0 amide bonds. The van der Waals surface area contributed by atoms with Gasteiger partial charge in [-0.05, 0) is 43.7 Å². The molecule has 0 saturated carbocycles. The lowest BCUT2D eigenvalue weighted by atomic mass is 9.94. The minimum atomic E-state index is -0.0702. The van der Waals surface area contributed by atoms with Crippen molar-refractivity contribution in [1.29, 1.82) is 0 Å². The molecule has 1 aromatic carbocycles. The Kier molecular flexibility index (Phi) is 15.4. The highest BCUT2D eigenvalue weighted by molar-refractivity contribution is 5.58. The van der Waals surface area contributed by atoms with Crippen LogP contribution >= 0.6 is 0 Å². The van der Waals surface area contributed by atoms with Crippen LogP contribution in [0.25, 0.3) is 0 Å². The molecule has 0 aliphatic carbocycles. The second-order valence-corrected chi connectivity index (χ2v) is 8.80. The van der Waals surface area contributed by atoms with Crippen molar-refractivity contribution in [2.45, 2.75) is 130 Å². The van der Waals surface area contributed by atoms with Gasteiger partial charge in [0.05, 0.1) is 6.61 Å². The summed E-state index contributed by atoms with van der Waals surface area (Å²) in [5, 5.41) is 20.8. The fraction of sp³-hybridized carbons (Fsp3) is 0.778. The van der Waals surface area contributed by atoms with Crippen molar-refractivity contribution in [1.82, 2.24) is 0 Å². The second-order valence-electron chi connectivity index (χ2n) is 8.80. The quantitative estimate of drug-likeness (QED) is 0.174. The van der Waals surface area contributed by atoms with E-state index in [9.17, 15) is 10.2 Å². The molecule has 0 fully saturated rings. The number of phenols is 2. The maximum atomic E-state index is 10.5. The zero-order chi connectivity index (χ0) is 22.0. The van der Waals surface area contributed by atoms with Crippen molar-refractivity contribution >= 4 is 0 Å². The van der Waals surface area contributed by atoms with Gasteiger partial charge in [-0.2, -0.15) is 0 Å². The number of phenolic OH excluding ortho intramolecular Hbond substituents is 2. The molecule has 0 radical (unpaired) electrons. The van der Waals surface area contributed by atoms with Crippen molar-refractivity contribution in [2.24, 2.45) is 0 Å². The Morgan fingerprint density at radius 3 is 1.73 bits per heavy atom. The Labute approximate surface area is 186 Å². The Balaban J connectivity index is 2.80. The van der Waals surface area contributed by atoms with E-state index in [2.05, 4.69) is 20.8 Å². The maximum Gasteiger partial charge on any atom is 0.200 e. The van der Waals surface area contributed by atoms with Crippen LogP contribution in [-0.4, -0.2) is 16.8 Å². The minimum absolute atomic E-state index is 0.0341. The molecule has 0 spiro atoms. The van der Waals surface area contributed by atoms with Gasteiger partial charge in [0.1, 0.15) is 0 Å². The smallest absolute Gasteiger partial charge is 0.200 e. The van der Waals surface area contributed by atoms with Crippen LogP contribution in [0.3, 0.4) is 0 Å². The average Bonchev–Trinajstić information content (AvgIpc) is 2.74. The van der Waals surface area contributed by atoms with Crippen LogP contribution in [-0.2, 0) is 12.8 Å². The third-order valence-electron chi connectivity index (χ3n) is 6.00. The lowest BCUT2D eigenvalue weighted by Gasteiger charge is -2.18. The maximum absolute atomic E-state index is 10.5. The molecule has 0 heterocycles. The molecular weight excluding hydrogens is 372 g/mol. The number of benzene rings is 1. The van der Waals surface area contributed by atoms with Gasteiger partial charge >= 0.3 is 0 Å². The molecule has 1 aromatic rings. The first-order valence-electron chi connectivity index (χ1n) is 12.8. The van der Waals surface area contributed by atoms with Crippen molar-refractivity contribution in [3.63, 3.8) is 0 Å². The van der Waals surface area contributed by atoms with E-state index in [1.807, 2.05) is 0 Å². The normalized spacial score (nSPS) is 11.2. The number of aromatic hydroxyl groups is 2. The summed E-state index contributed by atoms with van der Waals surface area (Å²) in [5.41, 5.74) is 2.30. The van der Waals surface area contributed by atoms with Crippen LogP contribution < -0.4 is 4.74 Å². The van der Waals surface area contributed by atoms with Crippen molar-refractivity contribution in [3.05, 3.63) is 17.2 Å². The lowest BCUT2D eigenvalue weighted by molar-refractivity contribution is 0.280. The molecule has 0 bridgehead atoms. The topological polar surface area (TPSA) is 49.7 Å². The van der Waals surface area contributed by atoms with Crippen LogP contribution in [0.2, 0.25) is 0 Å². The van der Waals surface area contributed by atoms with Crippen LogP contribution in [0.1, 0.15) is 128 Å². The van der Waals surface area contributed by atoms with Gasteiger partial charge in [0.25, 0.3) is 0 Å². The number of rotatable bonds is 19. The first-order chi connectivity index (χ1) is 14.7. The standard InChI is InChI=1S/C27H48O3/c1-4-7-10-12-14-16-19-23-22-25(28)26(29)27(30-21-18-9-6-3)24(23)20-17-15-13-11-8-5-2/h22,28-29H,4-21H2,1-3H3. The summed E-state index contributed by atoms with van der Waals surface area (Å²) < 4.78 is 6.04. The summed E-state index contributed by atoms with van der Waals surface area (Å²) in [6.45, 7) is 7.27. The highest BCUT2D eigenvalue weighted by Crippen LogP contribution is 2.42. The number of aryl methyl sites for hydroxylation is 1. The van der Waals surface area contributed by atoms with Crippen molar-refractivity contribution < 1.29 is 14.9 Å². The van der Waals surface area contributed by atoms with Gasteiger partial charge < -0.3 is 14.9 Å². The van der Waals surface area contributed by atoms with E-state index in [1.165, 1.54) is 69.8 Å². The molecule has 3 nitrogen and oxygen atoms in total. The molecule has 0 unspecified atom stereocenters. The van der Waals surface area contributed by atoms with Crippen molar-refractivity contribution in [3.8, 4) is 17.2 Å². The van der Waals surface area contributed by atoms with Crippen LogP contribution in [0, 0.1) is 0 Å². The van der Waals surface area contributed by atoms with Gasteiger partial charge in [0.2, 0.25) is 5.75 Å². The fourth-order valence-electron chi connectivity index (χ4n) is 4.08. The predicted octanol–water partition coefficient (Wildman–Crippen LogP) is 8.47.